The van der Waals surface area contributed by atoms with Crippen molar-refractivity contribution in [1.82, 2.24) is 5.32 Å². The largest absolute Gasteiger partial charge is 0.492 e. The number of hydrogen-bond acceptors (Lipinski definition) is 7. The van der Waals surface area contributed by atoms with Crippen LogP contribution in [-0.4, -0.2) is 56.2 Å². The van der Waals surface area contributed by atoms with E-state index in [0.717, 1.165) is 12.8 Å². The third-order valence-electron chi connectivity index (χ3n) is 4.25. The maximum Gasteiger partial charge on any atom is 0.411 e. The number of benzene rings is 2. The van der Waals surface area contributed by atoms with Gasteiger partial charge in [0.1, 0.15) is 30.9 Å². The first-order valence-electron chi connectivity index (χ1n) is 10.5. The first kappa shape index (κ1) is 25.1. The molecule has 174 valence electrons. The number of anilines is 1. The molecule has 0 fully saturated rings. The van der Waals surface area contributed by atoms with Crippen molar-refractivity contribution >= 4 is 17.7 Å². The van der Waals surface area contributed by atoms with E-state index in [0.29, 0.717) is 36.8 Å². The number of rotatable bonds is 13. The summed E-state index contributed by atoms with van der Waals surface area (Å²) in [5, 5.41) is 15.5. The number of esters is 1. The van der Waals surface area contributed by atoms with E-state index in [4.69, 9.17) is 14.2 Å². The summed E-state index contributed by atoms with van der Waals surface area (Å²) in [6, 6.07) is 11.9. The summed E-state index contributed by atoms with van der Waals surface area (Å²) in [5.41, 5.74) is 0.790. The standard InChI is InChI=1S/C23H29FN2O6/c1-2-3-13-31-23(29)26-19-8-4-17(5-9-19)22(28)32-16-20(27)15-25-12-14-30-21-10-6-18(24)7-11-21/h4-11,20,25,27H,2-3,12-16H2,1H3,(H,26,29). The van der Waals surface area contributed by atoms with Crippen LogP contribution in [0.3, 0.4) is 0 Å². The molecule has 0 bridgehead atoms. The molecule has 0 heterocycles. The van der Waals surface area contributed by atoms with Crippen LogP contribution < -0.4 is 15.4 Å². The van der Waals surface area contributed by atoms with E-state index in [-0.39, 0.29) is 19.0 Å². The van der Waals surface area contributed by atoms with Gasteiger partial charge in [-0.05, 0) is 55.0 Å². The fourth-order valence-corrected chi connectivity index (χ4v) is 2.51. The molecule has 32 heavy (non-hydrogen) atoms. The fourth-order valence-electron chi connectivity index (χ4n) is 2.51. The molecule has 3 N–H and O–H groups in total. The minimum absolute atomic E-state index is 0.172. The molecule has 1 amide bonds. The number of aliphatic hydroxyl groups is 1. The predicted octanol–water partition coefficient (Wildman–Crippen LogP) is 3.36. The van der Waals surface area contributed by atoms with Gasteiger partial charge in [0.2, 0.25) is 0 Å². The van der Waals surface area contributed by atoms with Gasteiger partial charge in [-0.15, -0.1) is 0 Å². The Kier molecular flexibility index (Phi) is 11.0. The van der Waals surface area contributed by atoms with Crippen molar-refractivity contribution in [2.45, 2.75) is 25.9 Å². The molecule has 1 unspecified atom stereocenters. The van der Waals surface area contributed by atoms with Gasteiger partial charge in [0.25, 0.3) is 0 Å². The lowest BCUT2D eigenvalue weighted by atomic mass is 10.2. The molecule has 0 spiro atoms. The number of carbonyl (C=O) groups is 2. The van der Waals surface area contributed by atoms with Crippen molar-refractivity contribution in [1.29, 1.82) is 0 Å². The zero-order valence-electron chi connectivity index (χ0n) is 18.0. The maximum atomic E-state index is 12.8. The number of amides is 1. The van der Waals surface area contributed by atoms with E-state index in [2.05, 4.69) is 10.6 Å². The summed E-state index contributed by atoms with van der Waals surface area (Å²) >= 11 is 0. The summed E-state index contributed by atoms with van der Waals surface area (Å²) in [4.78, 5) is 23.7. The van der Waals surface area contributed by atoms with E-state index in [1.165, 1.54) is 36.4 Å². The molecular weight excluding hydrogens is 419 g/mol. The monoisotopic (exact) mass is 448 g/mol. The molecule has 0 aliphatic heterocycles. The number of ether oxygens (including phenoxy) is 3. The minimum Gasteiger partial charge on any atom is -0.492 e. The predicted molar refractivity (Wildman–Crippen MR) is 117 cm³/mol. The zero-order valence-corrected chi connectivity index (χ0v) is 18.0. The van der Waals surface area contributed by atoms with Gasteiger partial charge in [-0.3, -0.25) is 5.32 Å². The third kappa shape index (κ3) is 9.76. The number of halogens is 1. The number of aliphatic hydroxyl groups excluding tert-OH is 1. The Labute approximate surface area is 186 Å². The molecule has 9 heteroatoms. The van der Waals surface area contributed by atoms with Crippen molar-refractivity contribution in [3.05, 3.63) is 59.9 Å². The Bertz CT molecular complexity index is 829. The normalized spacial score (nSPS) is 11.5. The number of carbonyl (C=O) groups excluding carboxylic acids is 2. The third-order valence-corrected chi connectivity index (χ3v) is 4.25. The molecule has 0 aliphatic rings. The average molecular weight is 448 g/mol. The van der Waals surface area contributed by atoms with Crippen LogP contribution in [0.5, 0.6) is 5.75 Å². The molecule has 1 atom stereocenters. The number of hydrogen-bond donors (Lipinski definition) is 3. The van der Waals surface area contributed by atoms with Crippen molar-refractivity contribution < 1.29 is 33.3 Å². The molecule has 0 radical (unpaired) electrons. The average Bonchev–Trinajstić information content (AvgIpc) is 2.79. The summed E-state index contributed by atoms with van der Waals surface area (Å²) in [6.07, 6.45) is 0.292. The Morgan fingerprint density at radius 2 is 1.75 bits per heavy atom. The van der Waals surface area contributed by atoms with Crippen LogP contribution >= 0.6 is 0 Å². The van der Waals surface area contributed by atoms with Gasteiger partial charge in [-0.1, -0.05) is 13.3 Å². The van der Waals surface area contributed by atoms with Crippen LogP contribution in [-0.2, 0) is 9.47 Å². The Balaban J connectivity index is 1.60. The minimum atomic E-state index is -0.886. The smallest absolute Gasteiger partial charge is 0.411 e. The highest BCUT2D eigenvalue weighted by molar-refractivity contribution is 5.91. The zero-order chi connectivity index (χ0) is 23.2. The molecule has 0 saturated carbocycles. The molecule has 2 aromatic carbocycles. The molecule has 2 aromatic rings. The lowest BCUT2D eigenvalue weighted by molar-refractivity contribution is 0.0258. The van der Waals surface area contributed by atoms with Gasteiger partial charge in [0, 0.05) is 18.8 Å². The van der Waals surface area contributed by atoms with Crippen molar-refractivity contribution in [2.24, 2.45) is 0 Å². The van der Waals surface area contributed by atoms with Crippen molar-refractivity contribution in [2.75, 3.05) is 38.2 Å². The molecule has 0 saturated heterocycles. The maximum absolute atomic E-state index is 12.8. The van der Waals surface area contributed by atoms with E-state index in [1.807, 2.05) is 6.92 Å². The van der Waals surface area contributed by atoms with Crippen LogP contribution in [0, 0.1) is 5.82 Å². The molecule has 0 aromatic heterocycles. The summed E-state index contributed by atoms with van der Waals surface area (Å²) in [6.45, 7) is 3.19. The second kappa shape index (κ2) is 14.0. The van der Waals surface area contributed by atoms with Crippen LogP contribution in [0.4, 0.5) is 14.9 Å². The highest BCUT2D eigenvalue weighted by atomic mass is 19.1. The SMILES string of the molecule is CCCCOC(=O)Nc1ccc(C(=O)OCC(O)CNCCOc2ccc(F)cc2)cc1. The number of unbranched alkanes of at least 4 members (excludes halogenated alkanes) is 1. The topological polar surface area (TPSA) is 106 Å². The second-order valence-corrected chi connectivity index (χ2v) is 6.95. The van der Waals surface area contributed by atoms with Gasteiger partial charge in [0.15, 0.2) is 0 Å². The molecule has 8 nitrogen and oxygen atoms in total. The quantitative estimate of drug-likeness (QED) is 0.319. The fraction of sp³-hybridized carbons (Fsp3) is 0.391. The lowest BCUT2D eigenvalue weighted by Crippen LogP contribution is -2.33. The molecular formula is C23H29FN2O6. The van der Waals surface area contributed by atoms with Crippen LogP contribution in [0.1, 0.15) is 30.1 Å². The number of nitrogens with one attached hydrogen (secondary N) is 2. The lowest BCUT2D eigenvalue weighted by Gasteiger charge is -2.13. The van der Waals surface area contributed by atoms with Crippen LogP contribution in [0.2, 0.25) is 0 Å². The van der Waals surface area contributed by atoms with Gasteiger partial charge < -0.3 is 24.6 Å². The highest BCUT2D eigenvalue weighted by Gasteiger charge is 2.11. The second-order valence-electron chi connectivity index (χ2n) is 6.95. The van der Waals surface area contributed by atoms with E-state index >= 15 is 0 Å². The van der Waals surface area contributed by atoms with Crippen molar-refractivity contribution in [3.8, 4) is 5.75 Å². The van der Waals surface area contributed by atoms with Gasteiger partial charge in [0.05, 0.1) is 12.2 Å². The Morgan fingerprint density at radius 1 is 1.03 bits per heavy atom. The summed E-state index contributed by atoms with van der Waals surface area (Å²) < 4.78 is 28.4. The van der Waals surface area contributed by atoms with E-state index in [9.17, 15) is 19.1 Å². The first-order valence-corrected chi connectivity index (χ1v) is 10.5. The molecule has 2 rings (SSSR count). The van der Waals surface area contributed by atoms with E-state index < -0.39 is 18.2 Å². The Hall–Kier alpha value is -3.17. The van der Waals surface area contributed by atoms with Crippen LogP contribution in [0.25, 0.3) is 0 Å². The van der Waals surface area contributed by atoms with Crippen molar-refractivity contribution in [3.63, 3.8) is 0 Å². The first-order chi connectivity index (χ1) is 15.5. The van der Waals surface area contributed by atoms with Gasteiger partial charge in [-0.2, -0.15) is 0 Å². The Morgan fingerprint density at radius 3 is 2.44 bits per heavy atom. The van der Waals surface area contributed by atoms with E-state index in [1.54, 1.807) is 12.1 Å². The molecule has 0 aliphatic carbocycles. The van der Waals surface area contributed by atoms with Crippen LogP contribution in [0.15, 0.2) is 48.5 Å². The van der Waals surface area contributed by atoms with Gasteiger partial charge in [-0.25, -0.2) is 14.0 Å². The summed E-state index contributed by atoms with van der Waals surface area (Å²) in [7, 11) is 0. The highest BCUT2D eigenvalue weighted by Crippen LogP contribution is 2.12. The summed E-state index contributed by atoms with van der Waals surface area (Å²) in [5.74, 6) is -0.360. The van der Waals surface area contributed by atoms with Gasteiger partial charge >= 0.3 is 12.1 Å².